The van der Waals surface area contributed by atoms with Gasteiger partial charge in [-0.15, -0.1) is 0 Å². The van der Waals surface area contributed by atoms with Crippen LogP contribution in [0.3, 0.4) is 0 Å². The Balaban J connectivity index is 1.64. The highest BCUT2D eigenvalue weighted by molar-refractivity contribution is 5.89. The quantitative estimate of drug-likeness (QED) is 0.617. The third-order valence-corrected chi connectivity index (χ3v) is 8.42. The van der Waals surface area contributed by atoms with Gasteiger partial charge in [0, 0.05) is 49.6 Å². The van der Waals surface area contributed by atoms with Crippen LogP contribution in [0.25, 0.3) is 16.6 Å². The summed E-state index contributed by atoms with van der Waals surface area (Å²) in [6, 6.07) is 12.4. The maximum atomic E-state index is 13.8. The van der Waals surface area contributed by atoms with E-state index in [1.54, 1.807) is 13.2 Å². The van der Waals surface area contributed by atoms with Crippen molar-refractivity contribution in [2.24, 2.45) is 11.8 Å². The number of fused-ring (bicyclic) bond motifs is 4. The first-order valence-corrected chi connectivity index (χ1v) is 12.0. The predicted octanol–water partition coefficient (Wildman–Crippen LogP) is 4.01. The zero-order valence-electron chi connectivity index (χ0n) is 19.0. The number of hydrogen-bond acceptors (Lipinski definition) is 4. The molecule has 4 bridgehead atoms. The normalized spacial score (nSPS) is 30.4. The van der Waals surface area contributed by atoms with Crippen LogP contribution in [0.2, 0.25) is 0 Å². The van der Waals surface area contributed by atoms with Gasteiger partial charge in [-0.05, 0) is 85.5 Å². The number of benzene rings is 2. The minimum Gasteiger partial charge on any atom is -0.508 e. The predicted molar refractivity (Wildman–Crippen MR) is 125 cm³/mol. The molecular formula is C27H31FN2O3. The lowest BCUT2D eigenvalue weighted by Crippen LogP contribution is -2.66. The van der Waals surface area contributed by atoms with E-state index < -0.39 is 5.41 Å². The van der Waals surface area contributed by atoms with Crippen molar-refractivity contribution in [1.29, 1.82) is 0 Å². The first-order valence-electron chi connectivity index (χ1n) is 12.0. The van der Waals surface area contributed by atoms with Gasteiger partial charge in [0.15, 0.2) is 0 Å². The molecule has 5 unspecified atom stereocenters. The average molecular weight is 451 g/mol. The molecule has 4 aliphatic rings. The Kier molecular flexibility index (Phi) is 5.02. The number of phenols is 1. The van der Waals surface area contributed by atoms with E-state index in [0.717, 1.165) is 61.2 Å². The van der Waals surface area contributed by atoms with E-state index in [4.69, 9.17) is 4.74 Å². The number of piperidine rings is 2. The summed E-state index contributed by atoms with van der Waals surface area (Å²) in [5, 5.41) is 22.5. The monoisotopic (exact) mass is 450 g/mol. The van der Waals surface area contributed by atoms with E-state index >= 15 is 0 Å². The third kappa shape index (κ3) is 3.07. The molecule has 0 amide bonds. The van der Waals surface area contributed by atoms with Gasteiger partial charge < -0.3 is 19.5 Å². The van der Waals surface area contributed by atoms with Crippen LogP contribution in [0, 0.1) is 17.7 Å². The number of rotatable bonds is 5. The SMILES string of the molecule is COCCC1CC2CN3CCc4c(n(-c5ccc(F)cc5)c5ccc(O)cc45)C(CO)(C2)C13. The van der Waals surface area contributed by atoms with Gasteiger partial charge in [-0.3, -0.25) is 4.90 Å². The molecule has 1 aliphatic carbocycles. The van der Waals surface area contributed by atoms with Crippen molar-refractivity contribution in [3.63, 3.8) is 0 Å². The van der Waals surface area contributed by atoms with E-state index in [9.17, 15) is 14.6 Å². The van der Waals surface area contributed by atoms with Crippen LogP contribution in [-0.2, 0) is 16.6 Å². The molecule has 5 atom stereocenters. The van der Waals surface area contributed by atoms with Crippen molar-refractivity contribution in [2.75, 3.05) is 33.4 Å². The van der Waals surface area contributed by atoms with Crippen molar-refractivity contribution in [1.82, 2.24) is 9.47 Å². The fourth-order valence-electron chi connectivity index (χ4n) is 7.44. The van der Waals surface area contributed by atoms with Gasteiger partial charge in [0.05, 0.1) is 17.5 Å². The zero-order chi connectivity index (χ0) is 22.7. The van der Waals surface area contributed by atoms with Gasteiger partial charge in [0.1, 0.15) is 11.6 Å². The van der Waals surface area contributed by atoms with Crippen molar-refractivity contribution in [3.05, 3.63) is 59.5 Å². The van der Waals surface area contributed by atoms with E-state index in [1.165, 1.54) is 24.1 Å². The van der Waals surface area contributed by atoms with Crippen LogP contribution in [0.5, 0.6) is 5.75 Å². The number of phenolic OH excluding ortho intramolecular Hbond substituents is 1. The van der Waals surface area contributed by atoms with Gasteiger partial charge in [-0.1, -0.05) is 0 Å². The highest BCUT2D eigenvalue weighted by Crippen LogP contribution is 2.56. The van der Waals surface area contributed by atoms with Crippen molar-refractivity contribution >= 4 is 10.9 Å². The molecule has 2 saturated heterocycles. The van der Waals surface area contributed by atoms with Crippen LogP contribution in [-0.4, -0.2) is 59.1 Å². The average Bonchev–Trinajstić information content (AvgIpc) is 3.10. The van der Waals surface area contributed by atoms with Gasteiger partial charge in [-0.2, -0.15) is 0 Å². The summed E-state index contributed by atoms with van der Waals surface area (Å²) in [5.41, 5.74) is 3.84. The summed E-state index contributed by atoms with van der Waals surface area (Å²) in [4.78, 5) is 2.61. The Morgan fingerprint density at radius 1 is 1.18 bits per heavy atom. The molecule has 33 heavy (non-hydrogen) atoms. The molecule has 3 fully saturated rings. The van der Waals surface area contributed by atoms with Crippen LogP contribution >= 0.6 is 0 Å². The number of hydrogen-bond donors (Lipinski definition) is 2. The molecule has 174 valence electrons. The number of halogens is 1. The van der Waals surface area contributed by atoms with Gasteiger partial charge in [-0.25, -0.2) is 4.39 Å². The molecule has 6 heteroatoms. The minimum atomic E-state index is -0.408. The second-order valence-electron chi connectivity index (χ2n) is 10.2. The molecule has 3 aromatic rings. The third-order valence-electron chi connectivity index (χ3n) is 8.42. The molecule has 3 aliphatic heterocycles. The zero-order valence-corrected chi connectivity index (χ0v) is 19.0. The van der Waals surface area contributed by atoms with E-state index in [2.05, 4.69) is 9.47 Å². The van der Waals surface area contributed by atoms with Crippen LogP contribution in [0.1, 0.15) is 30.5 Å². The summed E-state index contributed by atoms with van der Waals surface area (Å²) < 4.78 is 21.5. The highest BCUT2D eigenvalue weighted by atomic mass is 19.1. The number of aromatic nitrogens is 1. The van der Waals surface area contributed by atoms with Gasteiger partial charge in [0.25, 0.3) is 0 Å². The van der Waals surface area contributed by atoms with E-state index in [-0.39, 0.29) is 24.2 Å². The van der Waals surface area contributed by atoms with Crippen molar-refractivity contribution < 1.29 is 19.3 Å². The number of aliphatic hydroxyl groups excluding tert-OH is 1. The molecule has 1 aromatic heterocycles. The van der Waals surface area contributed by atoms with Crippen molar-refractivity contribution in [2.45, 2.75) is 37.1 Å². The maximum absolute atomic E-state index is 13.8. The molecular weight excluding hydrogens is 419 g/mol. The molecule has 4 heterocycles. The minimum absolute atomic E-state index is 0.0741. The summed E-state index contributed by atoms with van der Waals surface area (Å²) in [6.45, 7) is 2.83. The Bertz CT molecular complexity index is 1190. The van der Waals surface area contributed by atoms with Crippen LogP contribution in [0.15, 0.2) is 42.5 Å². The Labute approximate surface area is 193 Å². The second-order valence-corrected chi connectivity index (χ2v) is 10.2. The van der Waals surface area contributed by atoms with Gasteiger partial charge in [0.2, 0.25) is 0 Å². The second kappa shape index (κ2) is 7.83. The number of nitrogens with zero attached hydrogens (tertiary/aromatic N) is 2. The maximum Gasteiger partial charge on any atom is 0.123 e. The number of methoxy groups -OCH3 is 1. The highest BCUT2D eigenvalue weighted by Gasteiger charge is 2.58. The lowest BCUT2D eigenvalue weighted by molar-refractivity contribution is -0.0832. The molecule has 2 aromatic carbocycles. The van der Waals surface area contributed by atoms with Crippen LogP contribution in [0.4, 0.5) is 4.39 Å². The topological polar surface area (TPSA) is 57.9 Å². The number of aliphatic hydroxyl groups is 1. The van der Waals surface area contributed by atoms with E-state index in [0.29, 0.717) is 11.8 Å². The Morgan fingerprint density at radius 2 is 2.00 bits per heavy atom. The first kappa shape index (κ1) is 21.1. The first-order chi connectivity index (χ1) is 16.1. The van der Waals surface area contributed by atoms with Crippen molar-refractivity contribution in [3.8, 4) is 11.4 Å². The fourth-order valence-corrected chi connectivity index (χ4v) is 7.44. The van der Waals surface area contributed by atoms with Gasteiger partial charge >= 0.3 is 0 Å². The van der Waals surface area contributed by atoms with Crippen LogP contribution < -0.4 is 0 Å². The standard InChI is InChI=1S/C27H31FN2O3/c1-33-11-9-18-12-17-14-27(16-31)25(18)29(15-17)10-8-22-23-13-21(32)6-7-24(23)30(26(22)27)20-4-2-19(28)3-5-20/h2-7,13,17-18,25,31-32H,8-12,14-16H2,1H3. The number of aromatic hydroxyl groups is 1. The molecule has 2 N–H and O–H groups in total. The number of ether oxygens (including phenoxy) is 1. The lowest BCUT2D eigenvalue weighted by Gasteiger charge is -2.59. The summed E-state index contributed by atoms with van der Waals surface area (Å²) in [5.74, 6) is 0.969. The molecule has 1 saturated carbocycles. The Morgan fingerprint density at radius 3 is 2.76 bits per heavy atom. The molecule has 0 radical (unpaired) electrons. The molecule has 7 rings (SSSR count). The Hall–Kier alpha value is -2.41. The summed E-state index contributed by atoms with van der Waals surface area (Å²) >= 11 is 0. The largest absolute Gasteiger partial charge is 0.508 e. The lowest BCUT2D eigenvalue weighted by atomic mass is 9.56. The smallest absolute Gasteiger partial charge is 0.123 e. The molecule has 0 spiro atoms. The summed E-state index contributed by atoms with van der Waals surface area (Å²) in [7, 11) is 1.76. The fraction of sp³-hybridized carbons (Fsp3) is 0.481. The molecule has 5 nitrogen and oxygen atoms in total. The van der Waals surface area contributed by atoms with E-state index in [1.807, 2.05) is 24.3 Å². The summed E-state index contributed by atoms with van der Waals surface area (Å²) in [6.07, 6.45) is 3.98.